The third-order valence-electron chi connectivity index (χ3n) is 4.06. The third-order valence-corrected chi connectivity index (χ3v) is 4.55. The van der Waals surface area contributed by atoms with Crippen molar-refractivity contribution in [2.24, 2.45) is 0 Å². The predicted octanol–water partition coefficient (Wildman–Crippen LogP) is 3.65. The monoisotopic (exact) mass is 372 g/mol. The lowest BCUT2D eigenvalue weighted by Crippen LogP contribution is -2.19. The van der Waals surface area contributed by atoms with E-state index in [-0.39, 0.29) is 0 Å². The van der Waals surface area contributed by atoms with Gasteiger partial charge in [-0.2, -0.15) is 0 Å². The summed E-state index contributed by atoms with van der Waals surface area (Å²) < 4.78 is 1.10. The number of rotatable bonds is 4. The summed E-state index contributed by atoms with van der Waals surface area (Å²) in [6.07, 6.45) is 6.74. The molecule has 2 aromatic heterocycles. The lowest BCUT2D eigenvalue weighted by atomic mass is 10.1. The summed E-state index contributed by atoms with van der Waals surface area (Å²) in [4.78, 5) is 17.8. The maximum atomic E-state index is 5.51. The number of benzene rings is 1. The van der Waals surface area contributed by atoms with Gasteiger partial charge in [0.25, 0.3) is 0 Å². The molecule has 0 saturated carbocycles. The summed E-state index contributed by atoms with van der Waals surface area (Å²) in [6.45, 7) is 1.61. The number of nitrogens with zero attached hydrogens (tertiary/aromatic N) is 3. The van der Waals surface area contributed by atoms with Gasteiger partial charge < -0.3 is 4.98 Å². The molecule has 5 nitrogen and oxygen atoms in total. The number of aromatic amines is 1. The maximum absolute atomic E-state index is 5.51. The van der Waals surface area contributed by atoms with Gasteiger partial charge in [0.15, 0.2) is 0 Å². The van der Waals surface area contributed by atoms with Gasteiger partial charge in [-0.1, -0.05) is 15.9 Å². The Bertz CT molecular complexity index is 826. The molecule has 3 heterocycles. The van der Waals surface area contributed by atoms with Crippen LogP contribution < -0.4 is 5.06 Å². The van der Waals surface area contributed by atoms with Gasteiger partial charge in [-0.05, 0) is 49.1 Å². The van der Waals surface area contributed by atoms with Crippen LogP contribution in [0.4, 0.5) is 5.95 Å². The fourth-order valence-electron chi connectivity index (χ4n) is 2.87. The van der Waals surface area contributed by atoms with Gasteiger partial charge in [-0.3, -0.25) is 4.84 Å². The summed E-state index contributed by atoms with van der Waals surface area (Å²) in [6, 6.07) is 8.28. The molecule has 1 saturated heterocycles. The number of anilines is 1. The van der Waals surface area contributed by atoms with Crippen molar-refractivity contribution in [3.8, 4) is 0 Å². The first-order valence-electron chi connectivity index (χ1n) is 7.77. The van der Waals surface area contributed by atoms with E-state index in [2.05, 4.69) is 55.3 Å². The molecule has 0 spiro atoms. The summed E-state index contributed by atoms with van der Waals surface area (Å²) in [5, 5.41) is 3.04. The van der Waals surface area contributed by atoms with Crippen LogP contribution in [0.15, 0.2) is 41.1 Å². The molecule has 0 amide bonds. The molecule has 1 aliphatic heterocycles. The first kappa shape index (κ1) is 14.7. The molecule has 0 aliphatic carbocycles. The number of hydrogen-bond acceptors (Lipinski definition) is 4. The van der Waals surface area contributed by atoms with Crippen molar-refractivity contribution in [3.63, 3.8) is 0 Å². The second kappa shape index (κ2) is 6.29. The maximum Gasteiger partial charge on any atom is 0.249 e. The van der Waals surface area contributed by atoms with Gasteiger partial charge in [0.1, 0.15) is 0 Å². The van der Waals surface area contributed by atoms with Crippen molar-refractivity contribution < 1.29 is 4.84 Å². The highest BCUT2D eigenvalue weighted by Gasteiger charge is 2.16. The van der Waals surface area contributed by atoms with Crippen LogP contribution in [0.1, 0.15) is 17.7 Å². The number of H-pyrrole nitrogens is 1. The van der Waals surface area contributed by atoms with Gasteiger partial charge in [-0.15, -0.1) is 0 Å². The molecule has 0 atom stereocenters. The highest BCUT2D eigenvalue weighted by Crippen LogP contribution is 2.24. The van der Waals surface area contributed by atoms with E-state index in [0.29, 0.717) is 5.95 Å². The van der Waals surface area contributed by atoms with Crippen molar-refractivity contribution in [3.05, 3.63) is 52.4 Å². The smallest absolute Gasteiger partial charge is 0.249 e. The van der Waals surface area contributed by atoms with Crippen molar-refractivity contribution in [1.29, 1.82) is 0 Å². The zero-order valence-corrected chi connectivity index (χ0v) is 14.2. The molecule has 0 bridgehead atoms. The fraction of sp³-hybridized carbons (Fsp3) is 0.294. The Labute approximate surface area is 142 Å². The van der Waals surface area contributed by atoms with Gasteiger partial charge in [0, 0.05) is 33.5 Å². The van der Waals surface area contributed by atoms with Crippen molar-refractivity contribution in [1.82, 2.24) is 15.0 Å². The lowest BCUT2D eigenvalue weighted by Gasteiger charge is -2.13. The number of aromatic nitrogens is 3. The average Bonchev–Trinajstić information content (AvgIpc) is 3.23. The highest BCUT2D eigenvalue weighted by molar-refractivity contribution is 9.10. The van der Waals surface area contributed by atoms with Crippen molar-refractivity contribution >= 4 is 32.8 Å². The molecule has 1 aromatic carbocycles. The van der Waals surface area contributed by atoms with E-state index in [9.17, 15) is 0 Å². The molecule has 118 valence electrons. The van der Waals surface area contributed by atoms with E-state index >= 15 is 0 Å². The van der Waals surface area contributed by atoms with E-state index in [1.54, 1.807) is 5.06 Å². The molecule has 0 radical (unpaired) electrons. The second-order valence-electron chi connectivity index (χ2n) is 5.64. The minimum atomic E-state index is 0.668. The molecule has 0 unspecified atom stereocenters. The van der Waals surface area contributed by atoms with E-state index in [0.717, 1.165) is 48.1 Å². The SMILES string of the molecule is Brc1ccc2[nH]cc(CCc3ccnc(N4CCCO4)n3)c2c1. The highest BCUT2D eigenvalue weighted by atomic mass is 79.9. The van der Waals surface area contributed by atoms with E-state index in [1.165, 1.54) is 10.9 Å². The van der Waals surface area contributed by atoms with Crippen LogP contribution in [0.2, 0.25) is 0 Å². The molecule has 3 aromatic rings. The van der Waals surface area contributed by atoms with E-state index < -0.39 is 0 Å². The fourth-order valence-corrected chi connectivity index (χ4v) is 3.23. The molecule has 1 fully saturated rings. The Morgan fingerprint density at radius 3 is 3.09 bits per heavy atom. The Balaban J connectivity index is 1.51. The zero-order chi connectivity index (χ0) is 15.6. The zero-order valence-electron chi connectivity index (χ0n) is 12.6. The number of nitrogens with one attached hydrogen (secondary N) is 1. The van der Waals surface area contributed by atoms with Crippen LogP contribution in [-0.2, 0) is 17.7 Å². The van der Waals surface area contributed by atoms with Gasteiger partial charge in [-0.25, -0.2) is 15.0 Å². The molecule has 6 heteroatoms. The Morgan fingerprint density at radius 2 is 2.22 bits per heavy atom. The quantitative estimate of drug-likeness (QED) is 0.759. The molecular weight excluding hydrogens is 356 g/mol. The standard InChI is InChI=1S/C17H17BrN4O/c18-13-3-5-16-15(10-13)12(11-20-16)2-4-14-6-7-19-17(21-14)22-8-1-9-23-22/h3,5-7,10-11,20H,1-2,4,8-9H2. The van der Waals surface area contributed by atoms with E-state index in [4.69, 9.17) is 4.84 Å². The molecular formula is C17H17BrN4O. The van der Waals surface area contributed by atoms with E-state index in [1.807, 2.05) is 12.3 Å². The number of hydrogen-bond donors (Lipinski definition) is 1. The summed E-state index contributed by atoms with van der Waals surface area (Å²) >= 11 is 3.54. The lowest BCUT2D eigenvalue weighted by molar-refractivity contribution is 0.164. The number of fused-ring (bicyclic) bond motifs is 1. The second-order valence-corrected chi connectivity index (χ2v) is 6.56. The average molecular weight is 373 g/mol. The van der Waals surface area contributed by atoms with Crippen LogP contribution in [0.25, 0.3) is 10.9 Å². The Morgan fingerprint density at radius 1 is 1.26 bits per heavy atom. The molecule has 4 rings (SSSR count). The summed E-state index contributed by atoms with van der Waals surface area (Å²) in [7, 11) is 0. The first-order chi connectivity index (χ1) is 11.3. The number of aryl methyl sites for hydroxylation is 2. The Hall–Kier alpha value is -1.92. The number of hydroxylamine groups is 1. The minimum absolute atomic E-state index is 0.668. The van der Waals surface area contributed by atoms with Crippen LogP contribution in [0.3, 0.4) is 0 Å². The van der Waals surface area contributed by atoms with Crippen molar-refractivity contribution in [2.75, 3.05) is 18.2 Å². The largest absolute Gasteiger partial charge is 0.361 e. The van der Waals surface area contributed by atoms with Gasteiger partial charge in [0.05, 0.1) is 13.2 Å². The van der Waals surface area contributed by atoms with Gasteiger partial charge in [0.2, 0.25) is 5.95 Å². The summed E-state index contributed by atoms with van der Waals surface area (Å²) in [5.74, 6) is 0.668. The van der Waals surface area contributed by atoms with Crippen LogP contribution in [-0.4, -0.2) is 28.1 Å². The molecule has 1 aliphatic rings. The topological polar surface area (TPSA) is 54.0 Å². The molecule has 1 N–H and O–H groups in total. The third kappa shape index (κ3) is 3.09. The predicted molar refractivity (Wildman–Crippen MR) is 93.4 cm³/mol. The normalized spacial score (nSPS) is 14.7. The van der Waals surface area contributed by atoms with Crippen LogP contribution in [0, 0.1) is 0 Å². The Kier molecular flexibility index (Phi) is 4.01. The van der Waals surface area contributed by atoms with Gasteiger partial charge >= 0.3 is 0 Å². The number of halogens is 1. The summed E-state index contributed by atoms with van der Waals surface area (Å²) in [5.41, 5.74) is 3.51. The van der Waals surface area contributed by atoms with Crippen LogP contribution in [0.5, 0.6) is 0 Å². The van der Waals surface area contributed by atoms with Crippen LogP contribution >= 0.6 is 15.9 Å². The van der Waals surface area contributed by atoms with Crippen molar-refractivity contribution in [2.45, 2.75) is 19.3 Å². The first-order valence-corrected chi connectivity index (χ1v) is 8.57. The molecule has 23 heavy (non-hydrogen) atoms. The minimum Gasteiger partial charge on any atom is -0.361 e.